The fourth-order valence-electron chi connectivity index (χ4n) is 0. The average molecular weight is 3070 g/mol. The van der Waals surface area contributed by atoms with Gasteiger partial charge in [-0.3, -0.25) is 0 Å². The van der Waals surface area contributed by atoms with Gasteiger partial charge in [0, 0.05) is 545 Å². The van der Waals surface area contributed by atoms with Gasteiger partial charge in [0.05, 0.1) is 0 Å². The molecule has 41 nitrogen and oxygen atoms in total. The van der Waals surface area contributed by atoms with E-state index in [1.54, 1.807) is 0 Å². The summed E-state index contributed by atoms with van der Waals surface area (Å²) in [5.41, 5.74) is 0. The monoisotopic (exact) mass is 3070 g/mol. The quantitative estimate of drug-likeness (QED) is 0.204. The van der Waals surface area contributed by atoms with Gasteiger partial charge in [0.25, 0.3) is 0 Å². The van der Waals surface area contributed by atoms with E-state index in [9.17, 15) is 0 Å². The zero-order valence-electron chi connectivity index (χ0n) is 31.2. The predicted molar refractivity (Wildman–Crippen MR) is 188 cm³/mol. The molecule has 0 aliphatic rings. The SMILES string of the molecule is O.O.O.O.O.O.O.O.O.O.O.O.O.O.O.O.O.O.O.O.O.O.O.O.O.O.O.O.O.O.O.O.O.O.O.O.O.O.O.O.O.[K].[K].[K].[K].[K].[Si].[Sr].[W].[W].[W].[W].[W].[W].[W].[W].[W].[W].[W]. The minimum Gasteiger partial charge on any atom is -0.412 e. The largest absolute Gasteiger partial charge is 0.412 e. The molecule has 405 valence electrons. The van der Waals surface area contributed by atoms with Gasteiger partial charge < -0.3 is 225 Å². The molecule has 0 aliphatic carbocycles. The molecule has 0 saturated heterocycles. The van der Waals surface area contributed by atoms with E-state index >= 15 is 0 Å². The molecule has 0 bridgehead atoms. The second kappa shape index (κ2) is 1570. The van der Waals surface area contributed by atoms with Crippen molar-refractivity contribution in [3.63, 3.8) is 0 Å². The molecule has 0 aromatic heterocycles. The minimum atomic E-state index is 0. The van der Waals surface area contributed by atoms with Crippen molar-refractivity contribution in [2.24, 2.45) is 0 Å². The van der Waals surface area contributed by atoms with Crippen LogP contribution in [0.4, 0.5) is 0 Å². The first-order valence-electron chi connectivity index (χ1n) is 0. The van der Waals surface area contributed by atoms with E-state index in [4.69, 9.17) is 0 Å². The second-order valence-electron chi connectivity index (χ2n) is 0. The summed E-state index contributed by atoms with van der Waals surface area (Å²) >= 11 is 0. The van der Waals surface area contributed by atoms with E-state index in [1.165, 1.54) is 0 Å². The summed E-state index contributed by atoms with van der Waals surface area (Å²) < 4.78 is 0. The molecule has 0 aromatic rings. The maximum Gasteiger partial charge on any atom is 0 e. The topological polar surface area (TPSA) is 1290 Å². The fourth-order valence-corrected chi connectivity index (χ4v) is 0. The van der Waals surface area contributed by atoms with Crippen molar-refractivity contribution in [3.05, 3.63) is 0 Å². The Kier molecular flexibility index (Phi) is 43300. The van der Waals surface area contributed by atoms with E-state index < -0.39 is 0 Å². The first-order chi connectivity index (χ1) is 0. The van der Waals surface area contributed by atoms with E-state index in [0.29, 0.717) is 0 Å². The Balaban J connectivity index is 0. The molecule has 0 saturated carbocycles. The van der Waals surface area contributed by atoms with E-state index in [2.05, 4.69) is 0 Å². The molecule has 0 aromatic carbocycles. The van der Waals surface area contributed by atoms with Crippen molar-refractivity contribution in [2.45, 2.75) is 0 Å². The first kappa shape index (κ1) is 1630. The molecule has 59 heavy (non-hydrogen) atoms. The molecule has 11 radical (unpaired) electrons. The Morgan fingerprint density at radius 2 is 0.0847 bits per heavy atom. The molecule has 82 N–H and O–H groups in total. The zero-order valence-corrected chi connectivity index (χ0v) is 83.6. The van der Waals surface area contributed by atoms with Crippen LogP contribution in [0, 0.1) is 0 Å². The number of rotatable bonds is 0. The molecular weight excluding hydrogens is 2990 g/mol. The van der Waals surface area contributed by atoms with Gasteiger partial charge in [0.1, 0.15) is 0 Å². The van der Waals surface area contributed by atoms with Gasteiger partial charge in [0.2, 0.25) is 0 Å². The van der Waals surface area contributed by atoms with E-state index in [0.717, 1.165) is 0 Å². The van der Waals surface area contributed by atoms with Gasteiger partial charge in [0.15, 0.2) is 0 Å². The molecule has 0 rings (SSSR count). The third kappa shape index (κ3) is 1520. The van der Waals surface area contributed by atoms with E-state index in [-0.39, 0.29) is 770 Å². The number of hydrogen-bond donors (Lipinski definition) is 0. The average Bonchev–Trinajstić information content (AvgIpc) is 0. The summed E-state index contributed by atoms with van der Waals surface area (Å²) in [5, 5.41) is 0. The Morgan fingerprint density at radius 1 is 0.0847 bits per heavy atom. The van der Waals surface area contributed by atoms with Crippen molar-refractivity contribution in [2.75, 3.05) is 0 Å². The van der Waals surface area contributed by atoms with Crippen LogP contribution in [0.3, 0.4) is 0 Å². The normalized spacial score (nSPS) is 0. The van der Waals surface area contributed by atoms with Gasteiger partial charge in [-0.2, -0.15) is 0 Å². The van der Waals surface area contributed by atoms with Crippen LogP contribution in [0.25, 0.3) is 0 Å². The summed E-state index contributed by atoms with van der Waals surface area (Å²) in [6.07, 6.45) is 0. The first-order valence-corrected chi connectivity index (χ1v) is 0. The number of hydrogen-bond acceptors (Lipinski definition) is 0. The Bertz CT molecular complexity index is 77.8. The van der Waals surface area contributed by atoms with Gasteiger partial charge in [-0.15, -0.1) is 0 Å². The third-order valence-corrected chi connectivity index (χ3v) is 0. The predicted octanol–water partition coefficient (Wildman–Crippen LogP) is -36.5. The van der Waals surface area contributed by atoms with Crippen LogP contribution in [-0.2, 0) is 232 Å². The molecule has 0 amide bonds. The van der Waals surface area contributed by atoms with Crippen molar-refractivity contribution >= 4 is 313 Å². The molecule has 0 unspecified atom stereocenters. The Morgan fingerprint density at radius 3 is 0.0847 bits per heavy atom. The molecule has 0 heterocycles. The summed E-state index contributed by atoms with van der Waals surface area (Å²) in [7, 11) is 0. The smallest absolute Gasteiger partial charge is 0 e. The van der Waals surface area contributed by atoms with Crippen LogP contribution in [0.15, 0.2) is 0 Å². The summed E-state index contributed by atoms with van der Waals surface area (Å²) in [4.78, 5) is 0. The van der Waals surface area contributed by atoms with Crippen LogP contribution in [0.5, 0.6) is 0 Å². The molecule has 59 heteroatoms. The van der Waals surface area contributed by atoms with Gasteiger partial charge in [-0.05, 0) is 0 Å². The summed E-state index contributed by atoms with van der Waals surface area (Å²) in [5.74, 6) is 0. The van der Waals surface area contributed by atoms with Crippen LogP contribution >= 0.6 is 0 Å². The minimum absolute atomic E-state index is 0. The van der Waals surface area contributed by atoms with Crippen LogP contribution < -0.4 is 0 Å². The molecular formula is H82K5O41SiSrW11. The van der Waals surface area contributed by atoms with Gasteiger partial charge in [-0.25, -0.2) is 0 Å². The molecule has 0 aliphatic heterocycles. The van der Waals surface area contributed by atoms with Crippen molar-refractivity contribution in [3.8, 4) is 0 Å². The molecule has 0 fully saturated rings. The van der Waals surface area contributed by atoms with Crippen molar-refractivity contribution < 1.29 is 456 Å². The zero-order chi connectivity index (χ0) is 0. The van der Waals surface area contributed by atoms with Crippen LogP contribution in [0.1, 0.15) is 0 Å². The Labute approximate surface area is 749 Å². The van der Waals surface area contributed by atoms with E-state index in [1.807, 2.05) is 0 Å². The Hall–Kier alpha value is 15.8. The van der Waals surface area contributed by atoms with Crippen LogP contribution in [0.2, 0.25) is 0 Å². The van der Waals surface area contributed by atoms with Crippen LogP contribution in [-0.4, -0.2) is 538 Å². The second-order valence-corrected chi connectivity index (χ2v) is 0. The summed E-state index contributed by atoms with van der Waals surface area (Å²) in [6, 6.07) is 0. The van der Waals surface area contributed by atoms with Gasteiger partial charge in [-0.1, -0.05) is 0 Å². The third-order valence-electron chi connectivity index (χ3n) is 0. The van der Waals surface area contributed by atoms with Crippen molar-refractivity contribution in [1.29, 1.82) is 0 Å². The maximum absolute atomic E-state index is 0. The maximum atomic E-state index is 0. The standard InChI is InChI=1S/5K.41H2O.Si.Sr.11W/h;;;;;41*1H2;;;;;;;;;;;;;. The molecule has 0 spiro atoms. The fraction of sp³-hybridized carbons (Fsp3) is 0. The summed E-state index contributed by atoms with van der Waals surface area (Å²) in [6.45, 7) is 0. The molecule has 0 atom stereocenters. The van der Waals surface area contributed by atoms with Gasteiger partial charge >= 0.3 is 0 Å². The van der Waals surface area contributed by atoms with Crippen molar-refractivity contribution in [1.82, 2.24) is 0 Å².